The lowest BCUT2D eigenvalue weighted by Gasteiger charge is -2.39. The topological polar surface area (TPSA) is 191 Å². The molecule has 13 heteroatoms. The number of fused-ring (bicyclic) bond motifs is 1. The number of ether oxygens (including phenoxy) is 5. The van der Waals surface area contributed by atoms with Crippen molar-refractivity contribution in [1.29, 1.82) is 0 Å². The first-order valence-electron chi connectivity index (χ1n) is 11.6. The molecule has 0 unspecified atom stereocenters. The van der Waals surface area contributed by atoms with Crippen LogP contribution >= 0.6 is 0 Å². The van der Waals surface area contributed by atoms with Crippen LogP contribution in [0.15, 0.2) is 51.9 Å². The molecule has 1 aliphatic heterocycles. The van der Waals surface area contributed by atoms with Gasteiger partial charge in [-0.15, -0.1) is 0 Å². The second kappa shape index (κ2) is 11.7. The van der Waals surface area contributed by atoms with Crippen LogP contribution in [0.1, 0.15) is 6.42 Å². The van der Waals surface area contributed by atoms with E-state index in [1.54, 1.807) is 24.3 Å². The van der Waals surface area contributed by atoms with Gasteiger partial charge in [0.05, 0.1) is 19.8 Å². The van der Waals surface area contributed by atoms with Gasteiger partial charge in [0.15, 0.2) is 0 Å². The normalized spacial score (nSPS) is 22.7. The van der Waals surface area contributed by atoms with Gasteiger partial charge in [0.2, 0.25) is 11.7 Å². The molecule has 0 radical (unpaired) electrons. The predicted molar refractivity (Wildman–Crippen MR) is 131 cm³/mol. The lowest BCUT2D eigenvalue weighted by atomic mass is 9.99. The molecule has 1 aliphatic rings. The fourth-order valence-electron chi connectivity index (χ4n) is 3.95. The molecule has 1 aromatic heterocycles. The summed E-state index contributed by atoms with van der Waals surface area (Å²) in [6.45, 7) is -0.577. The lowest BCUT2D eigenvalue weighted by Crippen LogP contribution is -2.60. The van der Waals surface area contributed by atoms with Crippen molar-refractivity contribution >= 4 is 22.9 Å². The minimum atomic E-state index is -1.76. The highest BCUT2D eigenvalue weighted by Gasteiger charge is 2.45. The number of benzene rings is 2. The quantitative estimate of drug-likeness (QED) is 0.225. The standard InChI is InChI=1S/C26H26O13/c1-34-13-5-3-12(4-6-13)15-10-36-17-8-14(7-16(27)21(17)22(15)30)38-26-25(33)24(32)23(31)18(39-26)11-37-20(29)9-19(28)35-2/h3-8,10,18,23-27,31-33H,9,11H2,1-2H3/t18-,23-,24+,25-,26-/m1/s1. The Morgan fingerprint density at radius 2 is 1.67 bits per heavy atom. The number of aliphatic hydroxyl groups excluding tert-OH is 3. The highest BCUT2D eigenvalue weighted by molar-refractivity contribution is 5.91. The summed E-state index contributed by atoms with van der Waals surface area (Å²) in [6, 6.07) is 9.03. The summed E-state index contributed by atoms with van der Waals surface area (Å²) in [4.78, 5) is 36.0. The zero-order valence-corrected chi connectivity index (χ0v) is 20.8. The highest BCUT2D eigenvalue weighted by Crippen LogP contribution is 2.33. The molecule has 2 aromatic carbocycles. The van der Waals surface area contributed by atoms with Crippen molar-refractivity contribution in [2.45, 2.75) is 37.1 Å². The van der Waals surface area contributed by atoms with Crippen LogP contribution in [0.5, 0.6) is 17.2 Å². The largest absolute Gasteiger partial charge is 0.507 e. The SMILES string of the molecule is COC(=O)CC(=O)OC[C@H]1O[C@@H](Oc2cc(O)c3c(=O)c(-c4ccc(OC)cc4)coc3c2)[C@H](O)[C@@H](O)[C@@H]1O. The number of methoxy groups -OCH3 is 2. The number of phenolic OH excluding ortho intramolecular Hbond substituents is 1. The Kier molecular flexibility index (Phi) is 8.35. The van der Waals surface area contributed by atoms with Gasteiger partial charge in [0, 0.05) is 12.1 Å². The first kappa shape index (κ1) is 27.9. The van der Waals surface area contributed by atoms with E-state index in [1.165, 1.54) is 19.4 Å². The number of rotatable bonds is 8. The first-order chi connectivity index (χ1) is 18.6. The number of hydrogen-bond donors (Lipinski definition) is 4. The van der Waals surface area contributed by atoms with Crippen LogP contribution in [0.3, 0.4) is 0 Å². The lowest BCUT2D eigenvalue weighted by molar-refractivity contribution is -0.278. The van der Waals surface area contributed by atoms with Crippen molar-refractivity contribution in [3.05, 3.63) is 52.9 Å². The van der Waals surface area contributed by atoms with Gasteiger partial charge < -0.3 is 48.5 Å². The van der Waals surface area contributed by atoms with Crippen LogP contribution in [-0.2, 0) is 23.8 Å². The van der Waals surface area contributed by atoms with Gasteiger partial charge in [0.1, 0.15) is 71.9 Å². The summed E-state index contributed by atoms with van der Waals surface area (Å²) in [5, 5.41) is 41.4. The van der Waals surface area contributed by atoms with E-state index < -0.39 is 66.9 Å². The monoisotopic (exact) mass is 546 g/mol. The van der Waals surface area contributed by atoms with Gasteiger partial charge in [-0.2, -0.15) is 0 Å². The van der Waals surface area contributed by atoms with Crippen molar-refractivity contribution in [3.8, 4) is 28.4 Å². The average molecular weight is 546 g/mol. The van der Waals surface area contributed by atoms with Crippen LogP contribution in [0.2, 0.25) is 0 Å². The predicted octanol–water partition coefficient (Wildman–Crippen LogP) is 0.467. The van der Waals surface area contributed by atoms with Crippen molar-refractivity contribution in [2.24, 2.45) is 0 Å². The van der Waals surface area contributed by atoms with Crippen molar-refractivity contribution < 1.29 is 58.1 Å². The van der Waals surface area contributed by atoms with E-state index in [4.69, 9.17) is 23.4 Å². The third kappa shape index (κ3) is 5.96. The van der Waals surface area contributed by atoms with Crippen molar-refractivity contribution in [3.63, 3.8) is 0 Å². The number of hydrogen-bond acceptors (Lipinski definition) is 13. The molecule has 0 aliphatic carbocycles. The van der Waals surface area contributed by atoms with Crippen LogP contribution in [0.25, 0.3) is 22.1 Å². The molecule has 3 aromatic rings. The maximum atomic E-state index is 13.1. The van der Waals surface area contributed by atoms with Crippen LogP contribution in [0, 0.1) is 0 Å². The van der Waals surface area contributed by atoms with E-state index in [1.807, 2.05) is 0 Å². The smallest absolute Gasteiger partial charge is 0.317 e. The van der Waals surface area contributed by atoms with E-state index in [0.717, 1.165) is 13.2 Å². The Bertz CT molecular complexity index is 1400. The fourth-order valence-corrected chi connectivity index (χ4v) is 3.95. The number of aromatic hydroxyl groups is 1. The number of phenols is 1. The molecule has 39 heavy (non-hydrogen) atoms. The van der Waals surface area contributed by atoms with Crippen molar-refractivity contribution in [1.82, 2.24) is 0 Å². The maximum absolute atomic E-state index is 13.1. The van der Waals surface area contributed by atoms with E-state index in [2.05, 4.69) is 4.74 Å². The number of aliphatic hydroxyl groups is 3. The molecule has 4 N–H and O–H groups in total. The third-order valence-electron chi connectivity index (χ3n) is 6.08. The van der Waals surface area contributed by atoms with Gasteiger partial charge >= 0.3 is 11.9 Å². The molecule has 13 nitrogen and oxygen atoms in total. The molecule has 0 saturated carbocycles. The minimum Gasteiger partial charge on any atom is -0.507 e. The summed E-state index contributed by atoms with van der Waals surface area (Å²) in [7, 11) is 2.61. The van der Waals surface area contributed by atoms with Gasteiger partial charge in [-0.05, 0) is 17.7 Å². The second-order valence-corrected chi connectivity index (χ2v) is 8.59. The molecule has 1 fully saturated rings. The number of carbonyl (C=O) groups excluding carboxylic acids is 2. The summed E-state index contributed by atoms with van der Waals surface area (Å²) in [5.41, 5.74) is 0.191. The molecule has 0 amide bonds. The summed E-state index contributed by atoms with van der Waals surface area (Å²) in [6.07, 6.45) is -7.54. The average Bonchev–Trinajstić information content (AvgIpc) is 2.92. The third-order valence-corrected chi connectivity index (χ3v) is 6.08. The Morgan fingerprint density at radius 1 is 0.949 bits per heavy atom. The first-order valence-corrected chi connectivity index (χ1v) is 11.6. The van der Waals surface area contributed by atoms with Gasteiger partial charge in [0.25, 0.3) is 0 Å². The van der Waals surface area contributed by atoms with Gasteiger partial charge in [-0.1, -0.05) is 12.1 Å². The zero-order chi connectivity index (χ0) is 28.3. The summed E-state index contributed by atoms with van der Waals surface area (Å²) < 4.78 is 31.0. The van der Waals surface area contributed by atoms with E-state index in [9.17, 15) is 34.8 Å². The molecule has 4 rings (SSSR count). The van der Waals surface area contributed by atoms with E-state index in [-0.39, 0.29) is 22.3 Å². The molecule has 1 saturated heterocycles. The molecular weight excluding hydrogens is 520 g/mol. The second-order valence-electron chi connectivity index (χ2n) is 8.59. The van der Waals surface area contributed by atoms with Crippen LogP contribution < -0.4 is 14.9 Å². The Labute approximate surface area is 220 Å². The molecule has 0 spiro atoms. The molecule has 2 heterocycles. The fraction of sp³-hybridized carbons (Fsp3) is 0.346. The Hall–Kier alpha value is -4.17. The number of carbonyl (C=O) groups is 2. The number of esters is 2. The summed E-state index contributed by atoms with van der Waals surface area (Å²) >= 11 is 0. The van der Waals surface area contributed by atoms with E-state index in [0.29, 0.717) is 11.3 Å². The highest BCUT2D eigenvalue weighted by atomic mass is 16.7. The molecule has 5 atom stereocenters. The maximum Gasteiger partial charge on any atom is 0.317 e. The van der Waals surface area contributed by atoms with Crippen LogP contribution in [-0.4, -0.2) is 83.9 Å². The molecule has 0 bridgehead atoms. The molecule has 208 valence electrons. The minimum absolute atomic E-state index is 0.0357. The zero-order valence-electron chi connectivity index (χ0n) is 20.8. The Morgan fingerprint density at radius 3 is 2.33 bits per heavy atom. The summed E-state index contributed by atoms with van der Waals surface area (Å²) in [5.74, 6) is -1.78. The van der Waals surface area contributed by atoms with E-state index >= 15 is 0 Å². The van der Waals surface area contributed by atoms with Crippen molar-refractivity contribution in [2.75, 3.05) is 20.8 Å². The molecular formula is C26H26O13. The van der Waals surface area contributed by atoms with Crippen LogP contribution in [0.4, 0.5) is 0 Å². The van der Waals surface area contributed by atoms with Gasteiger partial charge in [-0.25, -0.2) is 0 Å². The van der Waals surface area contributed by atoms with Gasteiger partial charge in [-0.3, -0.25) is 14.4 Å². The Balaban J connectivity index is 1.53.